The van der Waals surface area contributed by atoms with Crippen LogP contribution in [0.15, 0.2) is 36.4 Å². The molecule has 0 spiro atoms. The summed E-state index contributed by atoms with van der Waals surface area (Å²) in [5.74, 6) is -0.273. The Hall–Kier alpha value is -2.99. The lowest BCUT2D eigenvalue weighted by Gasteiger charge is -2.15. The first-order valence-corrected chi connectivity index (χ1v) is 8.03. The van der Waals surface area contributed by atoms with Gasteiger partial charge in [0, 0.05) is 28.8 Å². The molecule has 0 radical (unpaired) electrons. The lowest BCUT2D eigenvalue weighted by molar-refractivity contribution is 0.0456. The van der Waals surface area contributed by atoms with E-state index in [0.29, 0.717) is 23.4 Å². The van der Waals surface area contributed by atoms with E-state index >= 15 is 0 Å². The van der Waals surface area contributed by atoms with Crippen LogP contribution in [0.2, 0.25) is 0 Å². The zero-order chi connectivity index (χ0) is 17.7. The molecule has 4 rings (SSSR count). The van der Waals surface area contributed by atoms with E-state index in [1.165, 1.54) is 6.07 Å². The van der Waals surface area contributed by atoms with Gasteiger partial charge in [0.1, 0.15) is 5.75 Å². The number of hydrogen-bond donors (Lipinski definition) is 3. The van der Waals surface area contributed by atoms with Gasteiger partial charge in [-0.3, -0.25) is 0 Å². The van der Waals surface area contributed by atoms with Crippen LogP contribution in [0.5, 0.6) is 5.75 Å². The van der Waals surface area contributed by atoms with E-state index in [-0.39, 0.29) is 11.7 Å². The number of H-pyrrole nitrogens is 1. The fourth-order valence-corrected chi connectivity index (χ4v) is 3.46. The summed E-state index contributed by atoms with van der Waals surface area (Å²) >= 11 is 0. The normalized spacial score (nSPS) is 16.4. The minimum atomic E-state index is -0.569. The largest absolute Gasteiger partial charge is 0.508 e. The van der Waals surface area contributed by atoms with Crippen molar-refractivity contribution in [2.24, 2.45) is 0 Å². The molecule has 4 N–H and O–H groups in total. The first kappa shape index (κ1) is 15.5. The van der Waals surface area contributed by atoms with Crippen molar-refractivity contribution in [1.82, 2.24) is 9.88 Å². The number of rotatable bonds is 3. The molecular weight excluding hydrogens is 318 g/mol. The molecule has 0 fully saturated rings. The standard InChI is InChI=1S/C19H19N3O3/c1-22(2)9-15-16(12-4-3-5-14(20)17(12)21-15)18-13-8-10(23)6-7-11(13)19(24)25-18/h3-8,18,21,23H,9,20H2,1-2H3. The Morgan fingerprint density at radius 1 is 1.28 bits per heavy atom. The molecule has 0 amide bonds. The summed E-state index contributed by atoms with van der Waals surface area (Å²) in [5.41, 5.74) is 10.6. The van der Waals surface area contributed by atoms with E-state index in [1.54, 1.807) is 12.1 Å². The maximum Gasteiger partial charge on any atom is 0.339 e. The van der Waals surface area contributed by atoms with Crippen LogP contribution in [0.1, 0.15) is 33.3 Å². The summed E-state index contributed by atoms with van der Waals surface area (Å²) in [5, 5.41) is 10.8. The van der Waals surface area contributed by atoms with Gasteiger partial charge in [-0.25, -0.2) is 4.79 Å². The van der Waals surface area contributed by atoms with Gasteiger partial charge in [-0.15, -0.1) is 0 Å². The summed E-state index contributed by atoms with van der Waals surface area (Å²) in [6.45, 7) is 0.644. The highest BCUT2D eigenvalue weighted by Gasteiger charge is 2.36. The summed E-state index contributed by atoms with van der Waals surface area (Å²) in [4.78, 5) is 17.7. The van der Waals surface area contributed by atoms with Gasteiger partial charge in [-0.1, -0.05) is 12.1 Å². The number of esters is 1. The van der Waals surface area contributed by atoms with E-state index in [4.69, 9.17) is 10.5 Å². The van der Waals surface area contributed by atoms with Crippen LogP contribution in [-0.2, 0) is 11.3 Å². The number of carbonyl (C=O) groups excluding carboxylic acids is 1. The van der Waals surface area contributed by atoms with Crippen molar-refractivity contribution in [1.29, 1.82) is 0 Å². The van der Waals surface area contributed by atoms with Gasteiger partial charge in [0.15, 0.2) is 6.10 Å². The smallest absolute Gasteiger partial charge is 0.339 e. The molecule has 6 nitrogen and oxygen atoms in total. The second-order valence-corrected chi connectivity index (χ2v) is 6.58. The zero-order valence-electron chi connectivity index (χ0n) is 14.0. The number of benzene rings is 2. The first-order valence-electron chi connectivity index (χ1n) is 8.03. The number of cyclic esters (lactones) is 1. The summed E-state index contributed by atoms with van der Waals surface area (Å²) in [6.07, 6.45) is -0.569. The van der Waals surface area contributed by atoms with E-state index in [0.717, 1.165) is 22.2 Å². The number of para-hydroxylation sites is 1. The monoisotopic (exact) mass is 337 g/mol. The van der Waals surface area contributed by atoms with Crippen molar-refractivity contribution in [3.63, 3.8) is 0 Å². The Balaban J connectivity index is 1.97. The third kappa shape index (κ3) is 2.42. The van der Waals surface area contributed by atoms with Crippen molar-refractivity contribution < 1.29 is 14.6 Å². The van der Waals surface area contributed by atoms with Gasteiger partial charge < -0.3 is 25.5 Å². The molecule has 25 heavy (non-hydrogen) atoms. The van der Waals surface area contributed by atoms with Crippen molar-refractivity contribution in [3.05, 3.63) is 58.8 Å². The zero-order valence-corrected chi connectivity index (χ0v) is 14.0. The number of nitrogens with zero attached hydrogens (tertiary/aromatic N) is 1. The average Bonchev–Trinajstić information content (AvgIpc) is 3.05. The minimum Gasteiger partial charge on any atom is -0.508 e. The van der Waals surface area contributed by atoms with E-state index < -0.39 is 6.10 Å². The van der Waals surface area contributed by atoms with Gasteiger partial charge >= 0.3 is 5.97 Å². The molecule has 0 bridgehead atoms. The number of anilines is 1. The number of phenols is 1. The summed E-state index contributed by atoms with van der Waals surface area (Å²) in [7, 11) is 3.94. The number of fused-ring (bicyclic) bond motifs is 2. The lowest BCUT2D eigenvalue weighted by atomic mass is 9.96. The predicted molar refractivity (Wildman–Crippen MR) is 95.5 cm³/mol. The number of aromatic hydroxyl groups is 1. The summed E-state index contributed by atoms with van der Waals surface area (Å²) in [6, 6.07) is 10.4. The number of carbonyl (C=O) groups is 1. The molecule has 128 valence electrons. The van der Waals surface area contributed by atoms with E-state index in [1.807, 2.05) is 37.2 Å². The SMILES string of the molecule is CN(C)Cc1[nH]c2c(N)cccc2c1C1OC(=O)c2ccc(O)cc21. The highest BCUT2D eigenvalue weighted by atomic mass is 16.5. The van der Waals surface area contributed by atoms with Crippen molar-refractivity contribution in [2.75, 3.05) is 19.8 Å². The van der Waals surface area contributed by atoms with Crippen molar-refractivity contribution in [3.8, 4) is 5.75 Å². The number of ether oxygens (including phenoxy) is 1. The molecule has 1 aliphatic heterocycles. The average molecular weight is 337 g/mol. The highest BCUT2D eigenvalue weighted by Crippen LogP contribution is 2.42. The number of nitrogen functional groups attached to an aromatic ring is 1. The van der Waals surface area contributed by atoms with Crippen LogP contribution in [0, 0.1) is 0 Å². The molecule has 3 aromatic rings. The highest BCUT2D eigenvalue weighted by molar-refractivity contribution is 5.98. The van der Waals surface area contributed by atoms with Crippen molar-refractivity contribution in [2.45, 2.75) is 12.6 Å². The third-order valence-electron chi connectivity index (χ3n) is 4.49. The molecule has 0 saturated heterocycles. The Morgan fingerprint density at radius 2 is 2.08 bits per heavy atom. The number of phenolic OH excluding ortho intramolecular Hbond substituents is 1. The predicted octanol–water partition coefficient (Wildman–Crippen LogP) is 2.78. The molecule has 1 atom stereocenters. The van der Waals surface area contributed by atoms with Crippen LogP contribution in [0.4, 0.5) is 5.69 Å². The Kier molecular flexibility index (Phi) is 3.43. The molecule has 2 heterocycles. The Bertz CT molecular complexity index is 991. The second-order valence-electron chi connectivity index (χ2n) is 6.58. The quantitative estimate of drug-likeness (QED) is 0.505. The third-order valence-corrected chi connectivity index (χ3v) is 4.49. The van der Waals surface area contributed by atoms with Crippen LogP contribution in [0.25, 0.3) is 10.9 Å². The number of hydrogen-bond acceptors (Lipinski definition) is 5. The van der Waals surface area contributed by atoms with Crippen LogP contribution >= 0.6 is 0 Å². The second kappa shape index (κ2) is 5.53. The fourth-order valence-electron chi connectivity index (χ4n) is 3.46. The maximum absolute atomic E-state index is 12.3. The molecule has 2 aromatic carbocycles. The minimum absolute atomic E-state index is 0.107. The number of nitrogens with one attached hydrogen (secondary N) is 1. The van der Waals surface area contributed by atoms with Crippen LogP contribution in [0.3, 0.4) is 0 Å². The van der Waals surface area contributed by atoms with Gasteiger partial charge in [-0.05, 0) is 38.4 Å². The molecule has 0 aliphatic carbocycles. The molecule has 6 heteroatoms. The molecule has 1 aliphatic rings. The van der Waals surface area contributed by atoms with E-state index in [2.05, 4.69) is 4.98 Å². The van der Waals surface area contributed by atoms with E-state index in [9.17, 15) is 9.90 Å². The Labute approximate surface area is 144 Å². The number of nitrogens with two attached hydrogens (primary N) is 1. The maximum atomic E-state index is 12.3. The molecule has 0 saturated carbocycles. The molecular formula is C19H19N3O3. The first-order chi connectivity index (χ1) is 12.0. The van der Waals surface area contributed by atoms with Gasteiger partial charge in [-0.2, -0.15) is 0 Å². The van der Waals surface area contributed by atoms with Crippen molar-refractivity contribution >= 4 is 22.6 Å². The number of aromatic nitrogens is 1. The topological polar surface area (TPSA) is 91.6 Å². The lowest BCUT2D eigenvalue weighted by Crippen LogP contribution is -2.14. The van der Waals surface area contributed by atoms with Crippen LogP contribution in [-0.4, -0.2) is 35.1 Å². The molecule has 1 aromatic heterocycles. The summed E-state index contributed by atoms with van der Waals surface area (Å²) < 4.78 is 5.67. The van der Waals surface area contributed by atoms with Gasteiger partial charge in [0.25, 0.3) is 0 Å². The number of aromatic amines is 1. The van der Waals surface area contributed by atoms with Crippen LogP contribution < -0.4 is 5.73 Å². The van der Waals surface area contributed by atoms with Gasteiger partial charge in [0.05, 0.1) is 16.8 Å². The Morgan fingerprint density at radius 3 is 2.84 bits per heavy atom. The van der Waals surface area contributed by atoms with Gasteiger partial charge in [0.2, 0.25) is 0 Å². The fraction of sp³-hybridized carbons (Fsp3) is 0.211. The molecule has 1 unspecified atom stereocenters.